The third kappa shape index (κ3) is 4.14. The minimum atomic E-state index is -0.209. The maximum Gasteiger partial charge on any atom is 0.193 e. The zero-order valence-electron chi connectivity index (χ0n) is 10.1. The summed E-state index contributed by atoms with van der Waals surface area (Å²) in [7, 11) is 0. The molecule has 0 radical (unpaired) electrons. The number of hydrogen-bond acceptors (Lipinski definition) is 5. The molecule has 5 heteroatoms. The summed E-state index contributed by atoms with van der Waals surface area (Å²) in [6.07, 6.45) is 0.519. The molecular weight excluding hydrogens is 268 g/mol. The predicted octanol–water partition coefficient (Wildman–Crippen LogP) is 2.81. The molecule has 0 aromatic carbocycles. The van der Waals surface area contributed by atoms with Gasteiger partial charge in [-0.2, -0.15) is 0 Å². The second-order valence-electron chi connectivity index (χ2n) is 3.70. The van der Waals surface area contributed by atoms with E-state index < -0.39 is 0 Å². The molecular formula is C13H14O3S2. The Bertz CT molecular complexity index is 464. The molecule has 1 fully saturated rings. The SMILES string of the molecule is CC(=O)SCCC#Cc1csc(C2OCCO2)c1. The van der Waals surface area contributed by atoms with E-state index in [1.165, 1.54) is 11.8 Å². The topological polar surface area (TPSA) is 35.5 Å². The van der Waals surface area contributed by atoms with E-state index in [1.54, 1.807) is 18.3 Å². The first-order valence-electron chi connectivity index (χ1n) is 5.69. The molecule has 0 unspecified atom stereocenters. The first kappa shape index (κ1) is 13.6. The number of thioether (sulfide) groups is 1. The Kier molecular flexibility index (Phi) is 5.26. The smallest absolute Gasteiger partial charge is 0.193 e. The fourth-order valence-electron chi connectivity index (χ4n) is 1.48. The van der Waals surface area contributed by atoms with Gasteiger partial charge in [0.25, 0.3) is 0 Å². The lowest BCUT2D eigenvalue weighted by atomic mass is 10.3. The van der Waals surface area contributed by atoms with E-state index in [4.69, 9.17) is 9.47 Å². The molecule has 0 spiro atoms. The average molecular weight is 282 g/mol. The van der Waals surface area contributed by atoms with Crippen LogP contribution in [0.15, 0.2) is 11.4 Å². The van der Waals surface area contributed by atoms with Crippen LogP contribution in [0.4, 0.5) is 0 Å². The number of carbonyl (C=O) groups is 1. The fraction of sp³-hybridized carbons (Fsp3) is 0.462. The van der Waals surface area contributed by atoms with Gasteiger partial charge in [0.15, 0.2) is 11.4 Å². The predicted molar refractivity (Wildman–Crippen MR) is 73.6 cm³/mol. The maximum atomic E-state index is 10.7. The van der Waals surface area contributed by atoms with Gasteiger partial charge in [-0.05, 0) is 6.07 Å². The van der Waals surface area contributed by atoms with E-state index in [2.05, 4.69) is 11.8 Å². The Hall–Kier alpha value is -0.800. The van der Waals surface area contributed by atoms with Crippen molar-refractivity contribution in [3.8, 4) is 11.8 Å². The molecule has 1 aliphatic heterocycles. The lowest BCUT2D eigenvalue weighted by Crippen LogP contribution is -1.93. The lowest BCUT2D eigenvalue weighted by molar-refractivity contribution is -0.109. The molecule has 1 aliphatic rings. The van der Waals surface area contributed by atoms with Crippen LogP contribution < -0.4 is 0 Å². The van der Waals surface area contributed by atoms with Crippen molar-refractivity contribution in [2.24, 2.45) is 0 Å². The molecule has 1 saturated heterocycles. The molecule has 0 amide bonds. The number of rotatable bonds is 3. The third-order valence-electron chi connectivity index (χ3n) is 2.24. The van der Waals surface area contributed by atoms with E-state index in [1.807, 2.05) is 11.4 Å². The Morgan fingerprint density at radius 1 is 1.56 bits per heavy atom. The molecule has 1 aromatic heterocycles. The minimum Gasteiger partial charge on any atom is -0.345 e. The summed E-state index contributed by atoms with van der Waals surface area (Å²) in [4.78, 5) is 11.8. The summed E-state index contributed by atoms with van der Waals surface area (Å²) in [5, 5.41) is 2.15. The van der Waals surface area contributed by atoms with Crippen molar-refractivity contribution < 1.29 is 14.3 Å². The quantitative estimate of drug-likeness (QED) is 0.631. The van der Waals surface area contributed by atoms with Crippen molar-refractivity contribution in [1.29, 1.82) is 0 Å². The summed E-state index contributed by atoms with van der Waals surface area (Å²) < 4.78 is 10.8. The first-order valence-corrected chi connectivity index (χ1v) is 7.56. The van der Waals surface area contributed by atoms with Crippen LogP contribution in [0.1, 0.15) is 30.1 Å². The van der Waals surface area contributed by atoms with Crippen molar-refractivity contribution >= 4 is 28.2 Å². The second-order valence-corrected chi connectivity index (χ2v) is 5.92. The molecule has 0 saturated carbocycles. The van der Waals surface area contributed by atoms with E-state index in [-0.39, 0.29) is 11.4 Å². The molecule has 3 nitrogen and oxygen atoms in total. The van der Waals surface area contributed by atoms with Gasteiger partial charge in [0.05, 0.1) is 18.1 Å². The van der Waals surface area contributed by atoms with Gasteiger partial charge < -0.3 is 9.47 Å². The van der Waals surface area contributed by atoms with Crippen molar-refractivity contribution in [3.63, 3.8) is 0 Å². The van der Waals surface area contributed by atoms with E-state index in [0.717, 1.165) is 22.6 Å². The van der Waals surface area contributed by atoms with Crippen LogP contribution in [0.25, 0.3) is 0 Å². The van der Waals surface area contributed by atoms with Crippen LogP contribution in [0.5, 0.6) is 0 Å². The molecule has 0 aliphatic carbocycles. The van der Waals surface area contributed by atoms with E-state index in [9.17, 15) is 4.79 Å². The Balaban J connectivity index is 1.82. The monoisotopic (exact) mass is 282 g/mol. The highest BCUT2D eigenvalue weighted by Gasteiger charge is 2.19. The van der Waals surface area contributed by atoms with Crippen molar-refractivity contribution in [3.05, 3.63) is 21.9 Å². The van der Waals surface area contributed by atoms with Gasteiger partial charge in [-0.15, -0.1) is 11.3 Å². The highest BCUT2D eigenvalue weighted by Crippen LogP contribution is 2.28. The normalized spacial score (nSPS) is 15.4. The molecule has 1 aromatic rings. The van der Waals surface area contributed by atoms with Crippen LogP contribution in [0, 0.1) is 11.8 Å². The van der Waals surface area contributed by atoms with Crippen LogP contribution in [-0.2, 0) is 14.3 Å². The molecule has 2 heterocycles. The summed E-state index contributed by atoms with van der Waals surface area (Å²) in [6.45, 7) is 2.89. The zero-order chi connectivity index (χ0) is 12.8. The molecule has 0 atom stereocenters. The van der Waals surface area contributed by atoms with Gasteiger partial charge >= 0.3 is 0 Å². The van der Waals surface area contributed by atoms with Crippen molar-refractivity contribution in [1.82, 2.24) is 0 Å². The maximum absolute atomic E-state index is 10.7. The van der Waals surface area contributed by atoms with Crippen LogP contribution in [-0.4, -0.2) is 24.1 Å². The van der Waals surface area contributed by atoms with Gasteiger partial charge in [-0.25, -0.2) is 0 Å². The fourth-order valence-corrected chi connectivity index (χ4v) is 2.80. The largest absolute Gasteiger partial charge is 0.345 e. The number of thiophene rings is 1. The van der Waals surface area contributed by atoms with Gasteiger partial charge in [0.1, 0.15) is 0 Å². The first-order chi connectivity index (χ1) is 8.75. The Morgan fingerprint density at radius 2 is 2.33 bits per heavy atom. The molecule has 0 bridgehead atoms. The van der Waals surface area contributed by atoms with Crippen molar-refractivity contribution in [2.45, 2.75) is 19.6 Å². The second kappa shape index (κ2) is 6.95. The zero-order valence-corrected chi connectivity index (χ0v) is 11.7. The Morgan fingerprint density at radius 3 is 3.06 bits per heavy atom. The van der Waals surface area contributed by atoms with E-state index in [0.29, 0.717) is 13.2 Å². The van der Waals surface area contributed by atoms with Gasteiger partial charge in [-0.1, -0.05) is 23.6 Å². The summed E-state index contributed by atoms with van der Waals surface area (Å²) in [5.74, 6) is 6.91. The number of ether oxygens (including phenoxy) is 2. The van der Waals surface area contributed by atoms with Gasteiger partial charge in [-0.3, -0.25) is 4.79 Å². The highest BCUT2D eigenvalue weighted by atomic mass is 32.2. The molecule has 96 valence electrons. The van der Waals surface area contributed by atoms with Gasteiger partial charge in [0.2, 0.25) is 0 Å². The van der Waals surface area contributed by atoms with Crippen LogP contribution >= 0.6 is 23.1 Å². The standard InChI is InChI=1S/C13H14O3S2/c1-10(14)17-7-3-2-4-11-8-12(18-9-11)13-15-5-6-16-13/h8-9,13H,3,5-7H2,1H3. The summed E-state index contributed by atoms with van der Waals surface area (Å²) in [6, 6.07) is 2.01. The molecule has 18 heavy (non-hydrogen) atoms. The highest BCUT2D eigenvalue weighted by molar-refractivity contribution is 8.13. The van der Waals surface area contributed by atoms with Crippen LogP contribution in [0.3, 0.4) is 0 Å². The average Bonchev–Trinajstić information content (AvgIpc) is 2.98. The minimum absolute atomic E-state index is 0.144. The van der Waals surface area contributed by atoms with E-state index >= 15 is 0 Å². The van der Waals surface area contributed by atoms with Crippen LogP contribution in [0.2, 0.25) is 0 Å². The summed E-state index contributed by atoms with van der Waals surface area (Å²) in [5.41, 5.74) is 0.988. The summed E-state index contributed by atoms with van der Waals surface area (Å²) >= 11 is 2.92. The lowest BCUT2D eigenvalue weighted by Gasteiger charge is -2.03. The number of hydrogen-bond donors (Lipinski definition) is 0. The third-order valence-corrected chi connectivity index (χ3v) is 4.01. The van der Waals surface area contributed by atoms with Gasteiger partial charge in [0, 0.05) is 30.0 Å². The number of carbonyl (C=O) groups excluding carboxylic acids is 1. The van der Waals surface area contributed by atoms with Crippen molar-refractivity contribution in [2.75, 3.05) is 19.0 Å². The Labute approximate surface area is 115 Å². The molecule has 2 rings (SSSR count). The molecule has 0 N–H and O–H groups in total.